The van der Waals surface area contributed by atoms with Crippen molar-refractivity contribution in [3.8, 4) is 6.07 Å². The molecule has 1 N–H and O–H groups in total. The maximum Gasteiger partial charge on any atom is 0.139 e. The van der Waals surface area contributed by atoms with Gasteiger partial charge in [-0.05, 0) is 32.2 Å². The van der Waals surface area contributed by atoms with E-state index in [0.29, 0.717) is 11.1 Å². The molecule has 1 heterocycles. The van der Waals surface area contributed by atoms with Gasteiger partial charge in [-0.3, -0.25) is 0 Å². The Labute approximate surface area is 107 Å². The Morgan fingerprint density at radius 2 is 2.35 bits per heavy atom. The van der Waals surface area contributed by atoms with E-state index in [1.807, 2.05) is 31.3 Å². The van der Waals surface area contributed by atoms with Crippen LogP contribution in [0.2, 0.25) is 5.02 Å². The first-order chi connectivity index (χ1) is 8.04. The second-order valence-corrected chi connectivity index (χ2v) is 5.23. The number of hydrogen-bond donors (Lipinski definition) is 1. The van der Waals surface area contributed by atoms with E-state index < -0.39 is 5.54 Å². The second-order valence-electron chi connectivity index (χ2n) is 4.80. The summed E-state index contributed by atoms with van der Waals surface area (Å²) < 4.78 is 0. The van der Waals surface area contributed by atoms with E-state index in [4.69, 9.17) is 11.6 Å². The SMILES string of the molecule is CC1CC(C#N)(Nc2cccc(Cl)c2)CN1C. The average Bonchev–Trinajstić information content (AvgIpc) is 2.55. The molecule has 1 fully saturated rings. The molecule has 0 spiro atoms. The molecule has 0 radical (unpaired) electrons. The van der Waals surface area contributed by atoms with Crippen LogP contribution >= 0.6 is 11.6 Å². The van der Waals surface area contributed by atoms with Gasteiger partial charge in [0.1, 0.15) is 5.54 Å². The van der Waals surface area contributed by atoms with Crippen LogP contribution in [-0.2, 0) is 0 Å². The van der Waals surface area contributed by atoms with Gasteiger partial charge in [-0.1, -0.05) is 17.7 Å². The van der Waals surface area contributed by atoms with Crippen molar-refractivity contribution in [2.45, 2.75) is 24.9 Å². The van der Waals surface area contributed by atoms with E-state index in [1.54, 1.807) is 0 Å². The fourth-order valence-corrected chi connectivity index (χ4v) is 2.54. The number of anilines is 1. The first-order valence-corrected chi connectivity index (χ1v) is 6.08. The van der Waals surface area contributed by atoms with Crippen LogP contribution in [0, 0.1) is 11.3 Å². The molecule has 17 heavy (non-hydrogen) atoms. The predicted molar refractivity (Wildman–Crippen MR) is 70.1 cm³/mol. The van der Waals surface area contributed by atoms with Crippen molar-refractivity contribution in [1.82, 2.24) is 4.90 Å². The maximum atomic E-state index is 9.41. The number of likely N-dealkylation sites (N-methyl/N-ethyl adjacent to an activating group) is 1. The molecule has 4 heteroatoms. The Hall–Kier alpha value is -1.24. The highest BCUT2D eigenvalue weighted by Crippen LogP contribution is 2.29. The molecule has 1 aromatic rings. The van der Waals surface area contributed by atoms with Crippen LogP contribution in [0.1, 0.15) is 13.3 Å². The number of halogens is 1. The molecule has 90 valence electrons. The van der Waals surface area contributed by atoms with Crippen LogP contribution in [0.25, 0.3) is 0 Å². The van der Waals surface area contributed by atoms with E-state index in [-0.39, 0.29) is 0 Å². The fraction of sp³-hybridized carbons (Fsp3) is 0.462. The molecular weight excluding hydrogens is 234 g/mol. The Balaban J connectivity index is 2.19. The molecule has 0 aromatic heterocycles. The number of nitrogens with zero attached hydrogens (tertiary/aromatic N) is 2. The molecule has 2 rings (SSSR count). The summed E-state index contributed by atoms with van der Waals surface area (Å²) in [6.07, 6.45) is 0.826. The minimum Gasteiger partial charge on any atom is -0.366 e. The number of hydrogen-bond acceptors (Lipinski definition) is 3. The molecule has 0 saturated carbocycles. The third-order valence-electron chi connectivity index (χ3n) is 3.34. The fourth-order valence-electron chi connectivity index (χ4n) is 2.35. The van der Waals surface area contributed by atoms with Crippen molar-refractivity contribution in [2.24, 2.45) is 0 Å². The zero-order chi connectivity index (χ0) is 12.5. The highest BCUT2D eigenvalue weighted by Gasteiger charge is 2.41. The lowest BCUT2D eigenvalue weighted by Gasteiger charge is -2.23. The minimum absolute atomic E-state index is 0.418. The molecule has 0 bridgehead atoms. The Kier molecular flexibility index (Phi) is 3.28. The average molecular weight is 250 g/mol. The monoisotopic (exact) mass is 249 g/mol. The van der Waals surface area contributed by atoms with Crippen molar-refractivity contribution < 1.29 is 0 Å². The van der Waals surface area contributed by atoms with Gasteiger partial charge in [0.15, 0.2) is 0 Å². The maximum absolute atomic E-state index is 9.41. The van der Waals surface area contributed by atoms with Gasteiger partial charge in [-0.15, -0.1) is 0 Å². The molecule has 2 atom stereocenters. The van der Waals surface area contributed by atoms with Gasteiger partial charge in [-0.2, -0.15) is 5.26 Å². The van der Waals surface area contributed by atoms with Crippen LogP contribution in [0.4, 0.5) is 5.69 Å². The van der Waals surface area contributed by atoms with Gasteiger partial charge in [0, 0.05) is 29.7 Å². The zero-order valence-corrected chi connectivity index (χ0v) is 10.8. The van der Waals surface area contributed by atoms with E-state index in [0.717, 1.165) is 18.7 Å². The molecule has 1 aliphatic rings. The smallest absolute Gasteiger partial charge is 0.139 e. The summed E-state index contributed by atoms with van der Waals surface area (Å²) in [6.45, 7) is 2.87. The highest BCUT2D eigenvalue weighted by atomic mass is 35.5. The lowest BCUT2D eigenvalue weighted by atomic mass is 9.98. The van der Waals surface area contributed by atoms with Crippen molar-refractivity contribution in [3.05, 3.63) is 29.3 Å². The van der Waals surface area contributed by atoms with Gasteiger partial charge >= 0.3 is 0 Å². The summed E-state index contributed by atoms with van der Waals surface area (Å²) in [7, 11) is 2.05. The Morgan fingerprint density at radius 3 is 2.88 bits per heavy atom. The van der Waals surface area contributed by atoms with Crippen LogP contribution in [-0.4, -0.2) is 30.1 Å². The number of benzene rings is 1. The number of rotatable bonds is 2. The third kappa shape index (κ3) is 2.54. The lowest BCUT2D eigenvalue weighted by molar-refractivity contribution is 0.327. The van der Waals surface area contributed by atoms with E-state index >= 15 is 0 Å². The quantitative estimate of drug-likeness (QED) is 0.876. The van der Waals surface area contributed by atoms with E-state index in [2.05, 4.69) is 23.2 Å². The largest absolute Gasteiger partial charge is 0.366 e. The first kappa shape index (κ1) is 12.2. The van der Waals surface area contributed by atoms with Crippen molar-refractivity contribution in [3.63, 3.8) is 0 Å². The number of nitriles is 1. The standard InChI is InChI=1S/C13H16ClN3/c1-10-7-13(8-15,9-17(10)2)16-12-5-3-4-11(14)6-12/h3-6,10,16H,7,9H2,1-2H3. The minimum atomic E-state index is -0.501. The summed E-state index contributed by atoms with van der Waals surface area (Å²) in [5, 5.41) is 13.4. The van der Waals surface area contributed by atoms with Gasteiger partial charge in [0.05, 0.1) is 6.07 Å². The number of likely N-dealkylation sites (tertiary alicyclic amines) is 1. The van der Waals surface area contributed by atoms with Gasteiger partial charge in [-0.25, -0.2) is 0 Å². The van der Waals surface area contributed by atoms with E-state index in [1.165, 1.54) is 0 Å². The summed E-state index contributed by atoms with van der Waals surface area (Å²) in [4.78, 5) is 2.20. The Morgan fingerprint density at radius 1 is 1.59 bits per heavy atom. The van der Waals surface area contributed by atoms with Crippen LogP contribution in [0.15, 0.2) is 24.3 Å². The normalized spacial score (nSPS) is 28.9. The van der Waals surface area contributed by atoms with Crippen molar-refractivity contribution >= 4 is 17.3 Å². The topological polar surface area (TPSA) is 39.1 Å². The molecule has 1 saturated heterocycles. The molecule has 0 amide bonds. The summed E-state index contributed by atoms with van der Waals surface area (Å²) in [5.41, 5.74) is 0.403. The van der Waals surface area contributed by atoms with Crippen LogP contribution in [0.5, 0.6) is 0 Å². The molecular formula is C13H16ClN3. The summed E-state index contributed by atoms with van der Waals surface area (Å²) in [5.74, 6) is 0. The summed E-state index contributed by atoms with van der Waals surface area (Å²) in [6, 6.07) is 10.3. The molecule has 2 unspecified atom stereocenters. The van der Waals surface area contributed by atoms with Crippen molar-refractivity contribution in [1.29, 1.82) is 5.26 Å². The van der Waals surface area contributed by atoms with Gasteiger partial charge < -0.3 is 10.2 Å². The Bertz CT molecular complexity index is 442. The first-order valence-electron chi connectivity index (χ1n) is 5.70. The van der Waals surface area contributed by atoms with Gasteiger partial charge in [0.25, 0.3) is 0 Å². The van der Waals surface area contributed by atoms with E-state index in [9.17, 15) is 5.26 Å². The summed E-state index contributed by atoms with van der Waals surface area (Å²) >= 11 is 5.94. The molecule has 1 aromatic carbocycles. The predicted octanol–water partition coefficient (Wildman–Crippen LogP) is 2.74. The molecule has 1 aliphatic heterocycles. The lowest BCUT2D eigenvalue weighted by Crippen LogP contribution is -2.39. The second kappa shape index (κ2) is 4.56. The zero-order valence-electron chi connectivity index (χ0n) is 10.1. The van der Waals surface area contributed by atoms with Crippen LogP contribution < -0.4 is 5.32 Å². The van der Waals surface area contributed by atoms with Crippen molar-refractivity contribution in [2.75, 3.05) is 18.9 Å². The molecule has 3 nitrogen and oxygen atoms in total. The third-order valence-corrected chi connectivity index (χ3v) is 3.57. The highest BCUT2D eigenvalue weighted by molar-refractivity contribution is 6.30. The van der Waals surface area contributed by atoms with Gasteiger partial charge in [0.2, 0.25) is 0 Å². The number of nitrogens with one attached hydrogen (secondary N) is 1. The van der Waals surface area contributed by atoms with Crippen LogP contribution in [0.3, 0.4) is 0 Å². The molecule has 0 aliphatic carbocycles.